The molecule has 2 fully saturated rings. The molecular weight excluding hydrogens is 464 g/mol. The van der Waals surface area contributed by atoms with Crippen molar-refractivity contribution in [2.75, 3.05) is 38.7 Å². The number of ether oxygens (including phenoxy) is 1. The molecule has 1 aromatic carbocycles. The quantitative estimate of drug-likeness (QED) is 0.438. The van der Waals surface area contributed by atoms with Gasteiger partial charge in [0.1, 0.15) is 24.3 Å². The minimum Gasteiger partial charge on any atom is -0.458 e. The lowest BCUT2D eigenvalue weighted by atomic mass is 10.0. The van der Waals surface area contributed by atoms with Crippen molar-refractivity contribution in [2.24, 2.45) is 5.92 Å². The molecule has 36 heavy (non-hydrogen) atoms. The molecule has 192 valence electrons. The zero-order valence-electron chi connectivity index (χ0n) is 21.0. The number of ketones is 1. The molecular formula is C26H32N4O6. The van der Waals surface area contributed by atoms with Crippen molar-refractivity contribution >= 4 is 35.2 Å². The van der Waals surface area contributed by atoms with E-state index in [4.69, 9.17) is 4.74 Å². The number of hydrogen-bond acceptors (Lipinski definition) is 7. The van der Waals surface area contributed by atoms with E-state index in [-0.39, 0.29) is 48.8 Å². The third-order valence-electron chi connectivity index (χ3n) is 6.87. The van der Waals surface area contributed by atoms with Crippen molar-refractivity contribution in [1.82, 2.24) is 15.1 Å². The summed E-state index contributed by atoms with van der Waals surface area (Å²) in [5.74, 6) is -2.07. The average Bonchev–Trinajstić information content (AvgIpc) is 3.54. The number of likely N-dealkylation sites (tertiary alicyclic amines) is 2. The number of amides is 3. The van der Waals surface area contributed by atoms with Crippen LogP contribution in [0.4, 0.5) is 5.69 Å². The number of Topliss-reactive ketones (excluding diaryl/α,β-unsaturated/α-hetero) is 1. The number of hydrogen-bond donors (Lipinski definition) is 1. The van der Waals surface area contributed by atoms with Gasteiger partial charge in [0.25, 0.3) is 11.8 Å². The summed E-state index contributed by atoms with van der Waals surface area (Å²) in [6.45, 7) is 4.08. The van der Waals surface area contributed by atoms with Crippen molar-refractivity contribution in [3.05, 3.63) is 41.5 Å². The van der Waals surface area contributed by atoms with E-state index in [2.05, 4.69) is 5.32 Å². The summed E-state index contributed by atoms with van der Waals surface area (Å²) >= 11 is 0. The lowest BCUT2D eigenvalue weighted by Crippen LogP contribution is -2.53. The number of fused-ring (bicyclic) bond motifs is 1. The zero-order chi connectivity index (χ0) is 26.1. The third-order valence-corrected chi connectivity index (χ3v) is 6.87. The van der Waals surface area contributed by atoms with Crippen LogP contribution in [-0.4, -0.2) is 91.2 Å². The Labute approximate surface area is 210 Å². The summed E-state index contributed by atoms with van der Waals surface area (Å²) in [6, 6.07) is 4.98. The Balaban J connectivity index is 1.49. The molecule has 2 saturated heterocycles. The van der Waals surface area contributed by atoms with Gasteiger partial charge in [0, 0.05) is 31.9 Å². The first-order valence-electron chi connectivity index (χ1n) is 12.2. The highest BCUT2D eigenvalue weighted by molar-refractivity contribution is 6.18. The first kappa shape index (κ1) is 25.4. The van der Waals surface area contributed by atoms with E-state index in [1.807, 2.05) is 45.0 Å². The van der Waals surface area contributed by atoms with E-state index in [0.717, 1.165) is 5.69 Å². The van der Waals surface area contributed by atoms with Crippen molar-refractivity contribution in [3.63, 3.8) is 0 Å². The molecule has 4 rings (SSSR count). The van der Waals surface area contributed by atoms with E-state index < -0.39 is 30.0 Å². The van der Waals surface area contributed by atoms with Crippen LogP contribution in [0.3, 0.4) is 0 Å². The summed E-state index contributed by atoms with van der Waals surface area (Å²) < 4.78 is 4.83. The SMILES string of the molecule is CC(C)CC(NC(=O)c1ccc(N(C)C)cc1)C(=O)N1CCC2C1C(=O)CN2C(=O)C1=CCOC1=O. The fraction of sp³-hybridized carbons (Fsp3) is 0.500. The van der Waals surface area contributed by atoms with Gasteiger partial charge in [-0.05, 0) is 49.1 Å². The van der Waals surface area contributed by atoms with Crippen molar-refractivity contribution < 1.29 is 28.7 Å². The van der Waals surface area contributed by atoms with E-state index >= 15 is 0 Å². The fourth-order valence-electron chi connectivity index (χ4n) is 5.08. The van der Waals surface area contributed by atoms with Crippen LogP contribution in [0.15, 0.2) is 35.9 Å². The van der Waals surface area contributed by atoms with Crippen molar-refractivity contribution in [1.29, 1.82) is 0 Å². The van der Waals surface area contributed by atoms with Gasteiger partial charge in [-0.2, -0.15) is 0 Å². The van der Waals surface area contributed by atoms with Gasteiger partial charge in [-0.3, -0.25) is 19.2 Å². The average molecular weight is 497 g/mol. The standard InChI is InChI=1S/C26H32N4O6/c1-15(2)13-19(27-23(32)16-5-7-17(8-6-16)28(3)4)25(34)29-11-9-20-22(29)21(31)14-30(20)24(33)18-10-12-36-26(18)35/h5-8,10,15,19-20,22H,9,11-14H2,1-4H3,(H,27,32). The van der Waals surface area contributed by atoms with Crippen LogP contribution >= 0.6 is 0 Å². The largest absolute Gasteiger partial charge is 0.458 e. The predicted molar refractivity (Wildman–Crippen MR) is 131 cm³/mol. The van der Waals surface area contributed by atoms with E-state index in [9.17, 15) is 24.0 Å². The number of anilines is 1. The minimum atomic E-state index is -0.810. The monoisotopic (exact) mass is 496 g/mol. The molecule has 0 spiro atoms. The van der Waals surface area contributed by atoms with Crippen LogP contribution in [0.5, 0.6) is 0 Å². The molecule has 0 aliphatic carbocycles. The third kappa shape index (κ3) is 4.84. The molecule has 3 unspecified atom stereocenters. The Morgan fingerprint density at radius 1 is 1.11 bits per heavy atom. The van der Waals surface area contributed by atoms with E-state index in [1.54, 1.807) is 12.1 Å². The predicted octanol–water partition coefficient (Wildman–Crippen LogP) is 0.761. The number of esters is 1. The van der Waals surface area contributed by atoms with Crippen LogP contribution in [0, 0.1) is 5.92 Å². The second-order valence-corrected chi connectivity index (χ2v) is 10.0. The first-order chi connectivity index (χ1) is 17.1. The highest BCUT2D eigenvalue weighted by atomic mass is 16.5. The van der Waals surface area contributed by atoms with Crippen LogP contribution in [-0.2, 0) is 23.9 Å². The molecule has 3 atom stereocenters. The van der Waals surface area contributed by atoms with Gasteiger partial charge in [0.05, 0.1) is 12.6 Å². The second-order valence-electron chi connectivity index (χ2n) is 10.0. The second kappa shape index (κ2) is 10.1. The molecule has 10 nitrogen and oxygen atoms in total. The molecule has 1 aromatic rings. The van der Waals surface area contributed by atoms with E-state index in [1.165, 1.54) is 15.9 Å². The summed E-state index contributed by atoms with van der Waals surface area (Å²) in [7, 11) is 3.82. The number of carbonyl (C=O) groups excluding carboxylic acids is 5. The van der Waals surface area contributed by atoms with E-state index in [0.29, 0.717) is 18.4 Å². The fourth-order valence-corrected chi connectivity index (χ4v) is 5.08. The number of carbonyl (C=O) groups is 5. The molecule has 3 heterocycles. The topological polar surface area (TPSA) is 116 Å². The Morgan fingerprint density at radius 2 is 1.81 bits per heavy atom. The Bertz CT molecular complexity index is 1110. The Kier molecular flexibility index (Phi) is 7.14. The molecule has 10 heteroatoms. The van der Waals surface area contributed by atoms with Gasteiger partial charge in [-0.25, -0.2) is 4.79 Å². The number of nitrogens with zero attached hydrogens (tertiary/aromatic N) is 3. The van der Waals surface area contributed by atoms with Crippen LogP contribution < -0.4 is 10.2 Å². The van der Waals surface area contributed by atoms with Crippen LogP contribution in [0.25, 0.3) is 0 Å². The zero-order valence-corrected chi connectivity index (χ0v) is 21.0. The maximum Gasteiger partial charge on any atom is 0.343 e. The molecule has 1 N–H and O–H groups in total. The summed E-state index contributed by atoms with van der Waals surface area (Å²) in [5.41, 5.74) is 1.32. The molecule has 3 aliphatic heterocycles. The normalized spacial score (nSPS) is 21.9. The molecule has 0 bridgehead atoms. The van der Waals surface area contributed by atoms with Gasteiger partial charge >= 0.3 is 5.97 Å². The summed E-state index contributed by atoms with van der Waals surface area (Å²) in [6.07, 6.45) is 2.24. The lowest BCUT2D eigenvalue weighted by Gasteiger charge is -2.29. The Morgan fingerprint density at radius 3 is 2.39 bits per heavy atom. The van der Waals surface area contributed by atoms with Gasteiger partial charge in [0.15, 0.2) is 5.78 Å². The molecule has 3 aliphatic rings. The van der Waals surface area contributed by atoms with Gasteiger partial charge in [-0.15, -0.1) is 0 Å². The molecule has 0 radical (unpaired) electrons. The lowest BCUT2D eigenvalue weighted by molar-refractivity contribution is -0.140. The number of nitrogens with one attached hydrogen (secondary N) is 1. The maximum atomic E-state index is 13.6. The van der Waals surface area contributed by atoms with Crippen molar-refractivity contribution in [2.45, 2.75) is 44.8 Å². The van der Waals surface area contributed by atoms with Crippen molar-refractivity contribution in [3.8, 4) is 0 Å². The molecule has 0 saturated carbocycles. The van der Waals surface area contributed by atoms with Gasteiger partial charge in [-0.1, -0.05) is 13.8 Å². The number of rotatable bonds is 7. The highest BCUT2D eigenvalue weighted by Gasteiger charge is 2.53. The molecule has 0 aromatic heterocycles. The Hall–Kier alpha value is -3.69. The highest BCUT2D eigenvalue weighted by Crippen LogP contribution is 2.32. The number of cyclic esters (lactones) is 1. The smallest absolute Gasteiger partial charge is 0.343 e. The van der Waals surface area contributed by atoms with Crippen LogP contribution in [0.1, 0.15) is 37.0 Å². The first-order valence-corrected chi connectivity index (χ1v) is 12.2. The molecule has 3 amide bonds. The van der Waals surface area contributed by atoms with Gasteiger partial charge < -0.3 is 24.8 Å². The summed E-state index contributed by atoms with van der Waals surface area (Å²) in [4.78, 5) is 69.1. The summed E-state index contributed by atoms with van der Waals surface area (Å²) in [5, 5.41) is 2.86. The van der Waals surface area contributed by atoms with Crippen LogP contribution in [0.2, 0.25) is 0 Å². The maximum absolute atomic E-state index is 13.6. The minimum absolute atomic E-state index is 0.0366. The number of benzene rings is 1. The van der Waals surface area contributed by atoms with Gasteiger partial charge in [0.2, 0.25) is 5.91 Å².